The highest BCUT2D eigenvalue weighted by Gasteiger charge is 2.22. The van der Waals surface area contributed by atoms with Gasteiger partial charge in [0.05, 0.1) is 23.9 Å². The zero-order valence-corrected chi connectivity index (χ0v) is 17.1. The minimum absolute atomic E-state index is 0.101. The van der Waals surface area contributed by atoms with Crippen LogP contribution in [0.4, 0.5) is 5.69 Å². The third-order valence-electron chi connectivity index (χ3n) is 4.79. The van der Waals surface area contributed by atoms with Crippen LogP contribution in [0.15, 0.2) is 54.6 Å². The summed E-state index contributed by atoms with van der Waals surface area (Å²) in [5.41, 5.74) is 0.616. The van der Waals surface area contributed by atoms with Crippen LogP contribution in [0.5, 0.6) is 5.75 Å². The van der Waals surface area contributed by atoms with Crippen molar-refractivity contribution in [2.45, 2.75) is 12.8 Å². The topological polar surface area (TPSA) is 61.9 Å². The van der Waals surface area contributed by atoms with Gasteiger partial charge >= 0.3 is 0 Å². The normalized spacial score (nSPS) is 14.4. The third-order valence-corrected chi connectivity index (χ3v) is 5.12. The molecule has 1 fully saturated rings. The summed E-state index contributed by atoms with van der Waals surface area (Å²) in [6.45, 7) is 3.45. The molecule has 7 heteroatoms. The van der Waals surface area contributed by atoms with Crippen LogP contribution in [0, 0.1) is 0 Å². The molecule has 1 saturated heterocycles. The Balaban J connectivity index is 1.32. The number of hydrogen-bond donors (Lipinski definition) is 1. The van der Waals surface area contributed by atoms with Gasteiger partial charge in [0.2, 0.25) is 11.8 Å². The van der Waals surface area contributed by atoms with Gasteiger partial charge in [0.1, 0.15) is 5.75 Å². The smallest absolute Gasteiger partial charge is 0.238 e. The number of anilines is 1. The first-order valence-corrected chi connectivity index (χ1v) is 10.2. The summed E-state index contributed by atoms with van der Waals surface area (Å²) in [5, 5.41) is 3.35. The fraction of sp³-hybridized carbons (Fsp3) is 0.364. The number of carbonyl (C=O) groups is 2. The Morgan fingerprint density at radius 1 is 0.966 bits per heavy atom. The van der Waals surface area contributed by atoms with Gasteiger partial charge in [-0.2, -0.15) is 0 Å². The van der Waals surface area contributed by atoms with Gasteiger partial charge in [-0.15, -0.1) is 0 Å². The Bertz CT molecular complexity index is 808. The molecule has 0 unspecified atom stereocenters. The molecule has 0 bridgehead atoms. The molecule has 0 saturated carbocycles. The first-order valence-electron chi connectivity index (χ1n) is 9.84. The van der Waals surface area contributed by atoms with Crippen molar-refractivity contribution in [3.63, 3.8) is 0 Å². The van der Waals surface area contributed by atoms with Crippen molar-refractivity contribution in [1.82, 2.24) is 9.80 Å². The molecule has 0 aliphatic carbocycles. The van der Waals surface area contributed by atoms with E-state index in [-0.39, 0.29) is 18.4 Å². The number of ether oxygens (including phenoxy) is 1. The number of amides is 2. The van der Waals surface area contributed by atoms with E-state index in [0.29, 0.717) is 56.3 Å². The number of nitrogens with zero attached hydrogens (tertiary/aromatic N) is 2. The second-order valence-electron chi connectivity index (χ2n) is 6.95. The molecular weight excluding hydrogens is 390 g/mol. The Morgan fingerprint density at radius 2 is 1.66 bits per heavy atom. The molecule has 3 rings (SSSR count). The van der Waals surface area contributed by atoms with E-state index in [2.05, 4.69) is 10.2 Å². The molecule has 0 radical (unpaired) electrons. The van der Waals surface area contributed by atoms with Gasteiger partial charge in [-0.3, -0.25) is 14.5 Å². The van der Waals surface area contributed by atoms with E-state index in [1.165, 1.54) is 0 Å². The lowest BCUT2D eigenvalue weighted by Crippen LogP contribution is -2.50. The van der Waals surface area contributed by atoms with E-state index in [9.17, 15) is 9.59 Å². The van der Waals surface area contributed by atoms with Crippen molar-refractivity contribution in [2.75, 3.05) is 44.6 Å². The fourth-order valence-corrected chi connectivity index (χ4v) is 3.38. The van der Waals surface area contributed by atoms with Crippen molar-refractivity contribution in [3.05, 3.63) is 59.6 Å². The molecule has 0 spiro atoms. The van der Waals surface area contributed by atoms with Crippen molar-refractivity contribution in [2.24, 2.45) is 0 Å². The quantitative estimate of drug-likeness (QED) is 0.672. The molecule has 2 amide bonds. The standard InChI is InChI=1S/C22H26ClN3O3/c23-19-9-4-5-10-20(19)24-21(27)17-25-12-14-26(15-13-25)22(28)11-6-16-29-18-7-2-1-3-8-18/h1-5,7-10H,6,11-17H2,(H,24,27). The van der Waals surface area contributed by atoms with Crippen LogP contribution < -0.4 is 10.1 Å². The van der Waals surface area contributed by atoms with Gasteiger partial charge in [-0.25, -0.2) is 0 Å². The highest BCUT2D eigenvalue weighted by atomic mass is 35.5. The van der Waals surface area contributed by atoms with Crippen LogP contribution in [-0.2, 0) is 9.59 Å². The van der Waals surface area contributed by atoms with Gasteiger partial charge in [0.15, 0.2) is 0 Å². The molecular formula is C22H26ClN3O3. The van der Waals surface area contributed by atoms with Crippen molar-refractivity contribution < 1.29 is 14.3 Å². The Kier molecular flexibility index (Phi) is 7.90. The van der Waals surface area contributed by atoms with E-state index in [1.807, 2.05) is 47.4 Å². The van der Waals surface area contributed by atoms with E-state index in [1.54, 1.807) is 12.1 Å². The predicted molar refractivity (Wildman–Crippen MR) is 114 cm³/mol. The molecule has 2 aromatic carbocycles. The summed E-state index contributed by atoms with van der Waals surface area (Å²) in [4.78, 5) is 28.5. The highest BCUT2D eigenvalue weighted by Crippen LogP contribution is 2.20. The SMILES string of the molecule is O=C(CN1CCN(C(=O)CCCOc2ccccc2)CC1)Nc1ccccc1Cl. The number of piperazine rings is 1. The second-order valence-corrected chi connectivity index (χ2v) is 7.36. The minimum atomic E-state index is -0.101. The third kappa shape index (κ3) is 6.76. The molecule has 29 heavy (non-hydrogen) atoms. The summed E-state index contributed by atoms with van der Waals surface area (Å²) in [6.07, 6.45) is 1.16. The van der Waals surface area contributed by atoms with E-state index < -0.39 is 0 Å². The molecule has 0 aromatic heterocycles. The molecule has 154 valence electrons. The van der Waals surface area contributed by atoms with Gasteiger partial charge < -0.3 is 15.0 Å². The fourth-order valence-electron chi connectivity index (χ4n) is 3.20. The number of hydrogen-bond acceptors (Lipinski definition) is 4. The van der Waals surface area contributed by atoms with Gasteiger partial charge in [-0.05, 0) is 30.7 Å². The maximum Gasteiger partial charge on any atom is 0.238 e. The van der Waals surface area contributed by atoms with Crippen molar-refractivity contribution in [1.29, 1.82) is 0 Å². The molecule has 1 heterocycles. The molecule has 0 atom stereocenters. The predicted octanol–water partition coefficient (Wildman–Crippen LogP) is 3.28. The summed E-state index contributed by atoms with van der Waals surface area (Å²) in [6, 6.07) is 16.8. The van der Waals surface area contributed by atoms with Crippen LogP contribution in [0.3, 0.4) is 0 Å². The molecule has 2 aromatic rings. The highest BCUT2D eigenvalue weighted by molar-refractivity contribution is 6.33. The second kappa shape index (κ2) is 10.8. The zero-order chi connectivity index (χ0) is 20.5. The average molecular weight is 416 g/mol. The number of rotatable bonds is 8. The van der Waals surface area contributed by atoms with Gasteiger partial charge in [0.25, 0.3) is 0 Å². The van der Waals surface area contributed by atoms with Crippen molar-refractivity contribution >= 4 is 29.1 Å². The molecule has 1 N–H and O–H groups in total. The molecule has 6 nitrogen and oxygen atoms in total. The number of para-hydroxylation sites is 2. The largest absolute Gasteiger partial charge is 0.494 e. The lowest BCUT2D eigenvalue weighted by molar-refractivity contribution is -0.133. The molecule has 1 aliphatic heterocycles. The van der Waals surface area contributed by atoms with Crippen LogP contribution in [0.1, 0.15) is 12.8 Å². The lowest BCUT2D eigenvalue weighted by atomic mass is 10.2. The number of carbonyl (C=O) groups excluding carboxylic acids is 2. The zero-order valence-electron chi connectivity index (χ0n) is 16.4. The maximum atomic E-state index is 12.4. The summed E-state index contributed by atoms with van der Waals surface area (Å²) in [7, 11) is 0. The van der Waals surface area contributed by atoms with E-state index in [0.717, 1.165) is 5.75 Å². The Hall–Kier alpha value is -2.57. The van der Waals surface area contributed by atoms with Gasteiger partial charge in [-0.1, -0.05) is 41.9 Å². The Labute approximate surface area is 176 Å². The van der Waals surface area contributed by atoms with Crippen LogP contribution >= 0.6 is 11.6 Å². The molecule has 1 aliphatic rings. The van der Waals surface area contributed by atoms with E-state index in [4.69, 9.17) is 16.3 Å². The average Bonchev–Trinajstić information content (AvgIpc) is 2.74. The number of nitrogens with one attached hydrogen (secondary N) is 1. The summed E-state index contributed by atoms with van der Waals surface area (Å²) >= 11 is 6.07. The monoisotopic (exact) mass is 415 g/mol. The van der Waals surface area contributed by atoms with Crippen LogP contribution in [-0.4, -0.2) is 60.9 Å². The summed E-state index contributed by atoms with van der Waals surface area (Å²) in [5.74, 6) is 0.862. The van der Waals surface area contributed by atoms with Crippen LogP contribution in [0.25, 0.3) is 0 Å². The maximum absolute atomic E-state index is 12.4. The first kappa shape index (κ1) is 21.1. The van der Waals surface area contributed by atoms with Crippen LogP contribution in [0.2, 0.25) is 5.02 Å². The number of halogens is 1. The van der Waals surface area contributed by atoms with E-state index >= 15 is 0 Å². The first-order chi connectivity index (χ1) is 14.1. The van der Waals surface area contributed by atoms with Gasteiger partial charge in [0, 0.05) is 32.6 Å². The number of benzene rings is 2. The Morgan fingerprint density at radius 3 is 2.38 bits per heavy atom. The lowest BCUT2D eigenvalue weighted by Gasteiger charge is -2.34. The summed E-state index contributed by atoms with van der Waals surface area (Å²) < 4.78 is 5.63. The minimum Gasteiger partial charge on any atom is -0.494 e. The van der Waals surface area contributed by atoms with Crippen molar-refractivity contribution in [3.8, 4) is 5.75 Å².